The molecule has 15 heavy (non-hydrogen) atoms. The molecule has 0 aromatic rings. The Morgan fingerprint density at radius 2 is 2.33 bits per heavy atom. The van der Waals surface area contributed by atoms with Gasteiger partial charge in [0.2, 0.25) is 5.91 Å². The van der Waals surface area contributed by atoms with E-state index in [9.17, 15) is 4.79 Å². The minimum absolute atomic E-state index is 0.0512. The number of hydrogen-bond donors (Lipinski definition) is 2. The van der Waals surface area contributed by atoms with Crippen LogP contribution in [0.25, 0.3) is 0 Å². The van der Waals surface area contributed by atoms with E-state index in [-0.39, 0.29) is 12.5 Å². The highest BCUT2D eigenvalue weighted by atomic mass is 16.3. The highest BCUT2D eigenvalue weighted by Crippen LogP contribution is 2.08. The summed E-state index contributed by atoms with van der Waals surface area (Å²) in [7, 11) is 0. The maximum Gasteiger partial charge on any atom is 0.242 e. The second-order valence-electron chi connectivity index (χ2n) is 4.27. The Hall–Kier alpha value is -0.610. The molecule has 0 radical (unpaired) electrons. The van der Waals surface area contributed by atoms with E-state index in [2.05, 4.69) is 19.2 Å². The zero-order chi connectivity index (χ0) is 11.3. The maximum atomic E-state index is 11.9. The quantitative estimate of drug-likeness (QED) is 0.710. The van der Waals surface area contributed by atoms with Gasteiger partial charge in [-0.1, -0.05) is 13.3 Å². The Labute approximate surface area is 91.6 Å². The van der Waals surface area contributed by atoms with Crippen molar-refractivity contribution in [2.75, 3.05) is 19.7 Å². The Bertz CT molecular complexity index is 209. The number of amides is 1. The molecule has 1 saturated heterocycles. The number of hydrogen-bond acceptors (Lipinski definition) is 3. The van der Waals surface area contributed by atoms with Crippen LogP contribution >= 0.6 is 0 Å². The van der Waals surface area contributed by atoms with E-state index in [1.54, 1.807) is 0 Å². The van der Waals surface area contributed by atoms with E-state index in [1.165, 1.54) is 0 Å². The summed E-state index contributed by atoms with van der Waals surface area (Å²) < 4.78 is 0. The largest absolute Gasteiger partial charge is 0.394 e. The molecular weight excluding hydrogens is 192 g/mol. The number of nitrogens with zero attached hydrogens (tertiary/aromatic N) is 1. The van der Waals surface area contributed by atoms with Gasteiger partial charge in [0.05, 0.1) is 6.61 Å². The second kappa shape index (κ2) is 6.08. The molecular formula is C11H22N2O2. The Balaban J connectivity index is 2.58. The van der Waals surface area contributed by atoms with Gasteiger partial charge in [-0.05, 0) is 19.8 Å². The van der Waals surface area contributed by atoms with E-state index < -0.39 is 6.04 Å². The van der Waals surface area contributed by atoms with Crippen LogP contribution in [0.1, 0.15) is 33.1 Å². The molecule has 0 aromatic carbocycles. The van der Waals surface area contributed by atoms with Gasteiger partial charge in [-0.15, -0.1) is 0 Å². The summed E-state index contributed by atoms with van der Waals surface area (Å²) in [4.78, 5) is 13.8. The topological polar surface area (TPSA) is 52.6 Å². The Kier molecular flexibility index (Phi) is 5.05. The summed E-state index contributed by atoms with van der Waals surface area (Å²) in [6.45, 7) is 5.70. The van der Waals surface area contributed by atoms with Crippen molar-refractivity contribution in [2.24, 2.45) is 0 Å². The fourth-order valence-electron chi connectivity index (χ4n) is 1.88. The highest BCUT2D eigenvalue weighted by molar-refractivity contribution is 5.82. The summed E-state index contributed by atoms with van der Waals surface area (Å²) in [6.07, 6.45) is 3.10. The van der Waals surface area contributed by atoms with Crippen molar-refractivity contribution in [3.05, 3.63) is 0 Å². The van der Waals surface area contributed by atoms with Gasteiger partial charge in [-0.2, -0.15) is 0 Å². The van der Waals surface area contributed by atoms with Gasteiger partial charge in [0, 0.05) is 19.1 Å². The second-order valence-corrected chi connectivity index (χ2v) is 4.27. The molecule has 0 spiro atoms. The molecule has 2 unspecified atom stereocenters. The molecule has 1 amide bonds. The molecule has 0 aromatic heterocycles. The van der Waals surface area contributed by atoms with Gasteiger partial charge in [0.25, 0.3) is 0 Å². The lowest BCUT2D eigenvalue weighted by atomic mass is 10.2. The van der Waals surface area contributed by atoms with Crippen LogP contribution in [0.4, 0.5) is 0 Å². The number of nitrogens with one attached hydrogen (secondary N) is 1. The Morgan fingerprint density at radius 1 is 1.60 bits per heavy atom. The molecule has 4 heteroatoms. The molecule has 2 atom stereocenters. The number of aliphatic hydroxyl groups is 1. The third-order valence-electron chi connectivity index (χ3n) is 2.89. The first-order chi connectivity index (χ1) is 7.19. The minimum atomic E-state index is -0.403. The predicted molar refractivity (Wildman–Crippen MR) is 59.6 cm³/mol. The lowest BCUT2D eigenvalue weighted by Gasteiger charge is -2.23. The first kappa shape index (κ1) is 12.5. The standard InChI is InChI=1S/C11H22N2O2/c1-3-4-6-13-7-5-9(2)12-10(8-14)11(13)15/h9-10,12,14H,3-8H2,1-2H3. The molecule has 1 rings (SSSR count). The molecule has 0 saturated carbocycles. The molecule has 4 nitrogen and oxygen atoms in total. The van der Waals surface area contributed by atoms with Crippen molar-refractivity contribution >= 4 is 5.91 Å². The van der Waals surface area contributed by atoms with Crippen LogP contribution in [0.2, 0.25) is 0 Å². The predicted octanol–water partition coefficient (Wildman–Crippen LogP) is 0.358. The zero-order valence-electron chi connectivity index (χ0n) is 9.70. The van der Waals surface area contributed by atoms with Crippen LogP contribution in [0.3, 0.4) is 0 Å². The van der Waals surface area contributed by atoms with Gasteiger partial charge in [0.1, 0.15) is 6.04 Å². The SMILES string of the molecule is CCCCN1CCC(C)NC(CO)C1=O. The average Bonchev–Trinajstić information content (AvgIpc) is 2.37. The summed E-state index contributed by atoms with van der Waals surface area (Å²) in [5, 5.41) is 12.3. The van der Waals surface area contributed by atoms with Crippen LogP contribution in [-0.2, 0) is 4.79 Å². The third kappa shape index (κ3) is 3.47. The smallest absolute Gasteiger partial charge is 0.242 e. The molecule has 1 fully saturated rings. The summed E-state index contributed by atoms with van der Waals surface area (Å²) in [5.41, 5.74) is 0. The first-order valence-electron chi connectivity index (χ1n) is 5.84. The molecule has 1 aliphatic rings. The van der Waals surface area contributed by atoms with Crippen molar-refractivity contribution in [3.8, 4) is 0 Å². The van der Waals surface area contributed by atoms with E-state index in [1.807, 2.05) is 4.90 Å². The molecule has 1 aliphatic heterocycles. The lowest BCUT2D eigenvalue weighted by Crippen LogP contribution is -2.47. The van der Waals surface area contributed by atoms with Gasteiger partial charge >= 0.3 is 0 Å². The first-order valence-corrected chi connectivity index (χ1v) is 5.84. The van der Waals surface area contributed by atoms with E-state index in [0.29, 0.717) is 6.04 Å². The van der Waals surface area contributed by atoms with Crippen LogP contribution in [0.5, 0.6) is 0 Å². The van der Waals surface area contributed by atoms with Gasteiger partial charge in [-0.3, -0.25) is 4.79 Å². The van der Waals surface area contributed by atoms with Crippen molar-refractivity contribution in [3.63, 3.8) is 0 Å². The minimum Gasteiger partial charge on any atom is -0.394 e. The number of carbonyl (C=O) groups is 1. The van der Waals surface area contributed by atoms with Gasteiger partial charge in [-0.25, -0.2) is 0 Å². The van der Waals surface area contributed by atoms with E-state index >= 15 is 0 Å². The normalized spacial score (nSPS) is 27.9. The fourth-order valence-corrected chi connectivity index (χ4v) is 1.88. The van der Waals surface area contributed by atoms with Crippen LogP contribution < -0.4 is 5.32 Å². The monoisotopic (exact) mass is 214 g/mol. The average molecular weight is 214 g/mol. The van der Waals surface area contributed by atoms with E-state index in [4.69, 9.17) is 5.11 Å². The number of unbranched alkanes of at least 4 members (excludes halogenated alkanes) is 1. The Morgan fingerprint density at radius 3 is 2.93 bits per heavy atom. The summed E-state index contributed by atoms with van der Waals surface area (Å²) >= 11 is 0. The van der Waals surface area contributed by atoms with Crippen LogP contribution in [0.15, 0.2) is 0 Å². The number of rotatable bonds is 4. The third-order valence-corrected chi connectivity index (χ3v) is 2.89. The zero-order valence-corrected chi connectivity index (χ0v) is 9.70. The highest BCUT2D eigenvalue weighted by Gasteiger charge is 2.27. The molecule has 0 bridgehead atoms. The van der Waals surface area contributed by atoms with Crippen molar-refractivity contribution in [1.82, 2.24) is 10.2 Å². The number of aliphatic hydroxyl groups excluding tert-OH is 1. The molecule has 88 valence electrons. The van der Waals surface area contributed by atoms with Crippen molar-refractivity contribution < 1.29 is 9.90 Å². The van der Waals surface area contributed by atoms with Crippen LogP contribution in [0, 0.1) is 0 Å². The molecule has 0 aliphatic carbocycles. The van der Waals surface area contributed by atoms with Crippen molar-refractivity contribution in [1.29, 1.82) is 0 Å². The summed E-state index contributed by atoms with van der Waals surface area (Å²) in [5.74, 6) is 0.0512. The van der Waals surface area contributed by atoms with Gasteiger partial charge < -0.3 is 15.3 Å². The molecule has 2 N–H and O–H groups in total. The van der Waals surface area contributed by atoms with Gasteiger partial charge in [0.15, 0.2) is 0 Å². The maximum absolute atomic E-state index is 11.9. The fraction of sp³-hybridized carbons (Fsp3) is 0.909. The van der Waals surface area contributed by atoms with Crippen molar-refractivity contribution in [2.45, 2.75) is 45.2 Å². The van der Waals surface area contributed by atoms with E-state index in [0.717, 1.165) is 32.4 Å². The van der Waals surface area contributed by atoms with Crippen LogP contribution in [-0.4, -0.2) is 47.7 Å². The summed E-state index contributed by atoms with van der Waals surface area (Å²) in [6, 6.07) is -0.0999. The lowest BCUT2D eigenvalue weighted by molar-refractivity contribution is -0.133. The number of carbonyl (C=O) groups excluding carboxylic acids is 1. The molecule has 1 heterocycles.